The standard InChI is InChI=1S/4CH3.ClH.Sb/h4*1H3;1H;. The van der Waals surface area contributed by atoms with E-state index in [2.05, 4.69) is 19.5 Å². The third kappa shape index (κ3) is 70.2. The van der Waals surface area contributed by atoms with Gasteiger partial charge in [-0.15, -0.1) is 12.4 Å². The van der Waals surface area contributed by atoms with Crippen molar-refractivity contribution < 1.29 is 0 Å². The number of hydrogen-bond donors (Lipinski definition) is 0. The fraction of sp³-hybridized carbons (Fsp3) is 1.00. The monoisotopic (exact) mass is 217 g/mol. The molecule has 0 aliphatic rings. The van der Waals surface area contributed by atoms with Crippen LogP contribution in [-0.2, 0) is 0 Å². The van der Waals surface area contributed by atoms with Gasteiger partial charge in [0.2, 0.25) is 0 Å². The zero-order chi connectivity index (χ0) is 4.50. The molecule has 0 unspecified atom stereocenters. The number of rotatable bonds is 0. The fourth-order valence-electron chi connectivity index (χ4n) is 0. The summed E-state index contributed by atoms with van der Waals surface area (Å²) in [6, 6.07) is 0. The van der Waals surface area contributed by atoms with E-state index in [9.17, 15) is 0 Å². The second-order valence-electron chi connectivity index (χ2n) is 2.68. The van der Waals surface area contributed by atoms with Crippen LogP contribution in [0.1, 0.15) is 0 Å². The van der Waals surface area contributed by atoms with Crippen molar-refractivity contribution in [3.63, 3.8) is 0 Å². The molecule has 2 heteroatoms. The Labute approximate surface area is 50.7 Å². The van der Waals surface area contributed by atoms with E-state index in [1.807, 2.05) is 0 Å². The van der Waals surface area contributed by atoms with E-state index in [0.717, 1.165) is 0 Å². The van der Waals surface area contributed by atoms with Crippen molar-refractivity contribution in [2.45, 2.75) is 19.5 Å². The predicted molar refractivity (Wildman–Crippen MR) is 36.5 cm³/mol. The van der Waals surface area contributed by atoms with Crippen LogP contribution in [0.25, 0.3) is 0 Å². The molecule has 6 heavy (non-hydrogen) atoms. The van der Waals surface area contributed by atoms with Crippen LogP contribution in [0.4, 0.5) is 0 Å². The van der Waals surface area contributed by atoms with Crippen molar-refractivity contribution in [2.75, 3.05) is 0 Å². The molecule has 0 amide bonds. The molecule has 0 heterocycles. The molecule has 0 saturated heterocycles. The molecule has 0 aliphatic heterocycles. The van der Waals surface area contributed by atoms with Gasteiger partial charge in [0.25, 0.3) is 0 Å². The van der Waals surface area contributed by atoms with Crippen molar-refractivity contribution in [2.24, 2.45) is 0 Å². The Hall–Kier alpha value is 1.11. The Morgan fingerprint density at radius 2 is 0.833 bits per heavy atom. The van der Waals surface area contributed by atoms with E-state index < -0.39 is 18.8 Å². The molecule has 0 bridgehead atoms. The summed E-state index contributed by atoms with van der Waals surface area (Å²) in [6.45, 7) is 0. The average molecular weight is 218 g/mol. The Morgan fingerprint density at radius 3 is 0.833 bits per heavy atom. The third-order valence-corrected chi connectivity index (χ3v) is 0. The molecule has 0 atom stereocenters. The number of halogens is 1. The van der Waals surface area contributed by atoms with Crippen molar-refractivity contribution in [1.82, 2.24) is 0 Å². The summed E-state index contributed by atoms with van der Waals surface area (Å²) >= 11 is -1.10. The van der Waals surface area contributed by atoms with Crippen LogP contribution in [0, 0.1) is 0 Å². The van der Waals surface area contributed by atoms with Gasteiger partial charge in [-0.2, -0.15) is 0 Å². The summed E-state index contributed by atoms with van der Waals surface area (Å²) in [5.74, 6) is 0. The normalized spacial score (nSPS) is 10.0. The molecule has 0 aromatic rings. The molecule has 0 aliphatic carbocycles. The van der Waals surface area contributed by atoms with E-state index in [-0.39, 0.29) is 12.4 Å². The van der Waals surface area contributed by atoms with Gasteiger partial charge in [-0.3, -0.25) is 0 Å². The quantitative estimate of drug-likeness (QED) is 0.548. The third-order valence-electron chi connectivity index (χ3n) is 0. The Morgan fingerprint density at radius 1 is 0.833 bits per heavy atom. The van der Waals surface area contributed by atoms with Gasteiger partial charge in [-0.25, -0.2) is 0 Å². The van der Waals surface area contributed by atoms with Crippen LogP contribution in [0.3, 0.4) is 0 Å². The molecule has 1 radical (unpaired) electrons. The van der Waals surface area contributed by atoms with Crippen LogP contribution < -0.4 is 0 Å². The molecule has 41 valence electrons. The summed E-state index contributed by atoms with van der Waals surface area (Å²) in [5.41, 5.74) is 0. The second-order valence-corrected chi connectivity index (χ2v) is 18.0. The van der Waals surface area contributed by atoms with E-state index in [4.69, 9.17) is 0 Å². The van der Waals surface area contributed by atoms with Gasteiger partial charge in [-0.05, 0) is 0 Å². The maximum absolute atomic E-state index is 2.39. The molecule has 0 saturated carbocycles. The Bertz CT molecular complexity index is 23.0. The van der Waals surface area contributed by atoms with Gasteiger partial charge in [0.1, 0.15) is 0 Å². The summed E-state index contributed by atoms with van der Waals surface area (Å²) in [6.07, 6.45) is 0. The minimum atomic E-state index is -1.10. The summed E-state index contributed by atoms with van der Waals surface area (Å²) in [7, 11) is 0. The van der Waals surface area contributed by atoms with Crippen molar-refractivity contribution in [3.05, 3.63) is 0 Å². The maximum atomic E-state index is 2.39. The summed E-state index contributed by atoms with van der Waals surface area (Å²) in [5, 5.41) is 0. The second kappa shape index (κ2) is 3.15. The van der Waals surface area contributed by atoms with Gasteiger partial charge in [0, 0.05) is 0 Å². The molecule has 0 aromatic carbocycles. The molecule has 0 nitrogen and oxygen atoms in total. The molecule has 0 N–H and O–H groups in total. The van der Waals surface area contributed by atoms with Gasteiger partial charge >= 0.3 is 38.3 Å². The van der Waals surface area contributed by atoms with Gasteiger partial charge < -0.3 is 0 Å². The first-order chi connectivity index (χ1) is 2.00. The topological polar surface area (TPSA) is 0 Å². The van der Waals surface area contributed by atoms with E-state index >= 15 is 0 Å². The molecule has 0 rings (SSSR count). The van der Waals surface area contributed by atoms with Crippen molar-refractivity contribution in [1.29, 1.82) is 0 Å². The van der Waals surface area contributed by atoms with Gasteiger partial charge in [0.15, 0.2) is 0 Å². The zero-order valence-electron chi connectivity index (χ0n) is 4.86. The Kier molecular flexibility index (Phi) is 5.34. The van der Waals surface area contributed by atoms with E-state index in [1.165, 1.54) is 0 Å². The minimum absolute atomic E-state index is 0. The predicted octanol–water partition coefficient (Wildman–Crippen LogP) is 2.38. The number of hydrogen-bond acceptors (Lipinski definition) is 0. The molecule has 0 aromatic heterocycles. The molecular formula is C4H13ClSb. The average Bonchev–Trinajstić information content (AvgIpc) is 0.722. The van der Waals surface area contributed by atoms with Crippen molar-refractivity contribution in [3.8, 4) is 0 Å². The SMILES string of the molecule is Cl.[CH3][Sb]([CH3])([CH3])[CH3]. The molecule has 0 spiro atoms. The van der Waals surface area contributed by atoms with Gasteiger partial charge in [-0.1, -0.05) is 0 Å². The molecular weight excluding hydrogens is 205 g/mol. The van der Waals surface area contributed by atoms with Crippen LogP contribution in [-0.4, -0.2) is 18.8 Å². The first kappa shape index (κ1) is 10.2. The van der Waals surface area contributed by atoms with Crippen LogP contribution >= 0.6 is 12.4 Å². The summed E-state index contributed by atoms with van der Waals surface area (Å²) < 4.78 is 0. The van der Waals surface area contributed by atoms with Gasteiger partial charge in [0.05, 0.1) is 0 Å². The van der Waals surface area contributed by atoms with Crippen LogP contribution in [0.5, 0.6) is 0 Å². The van der Waals surface area contributed by atoms with Crippen molar-refractivity contribution >= 4 is 31.2 Å². The molecule has 0 fully saturated rings. The first-order valence-corrected chi connectivity index (χ1v) is 12.0. The zero-order valence-corrected chi connectivity index (χ0v) is 8.22. The summed E-state index contributed by atoms with van der Waals surface area (Å²) in [4.78, 5) is 9.55. The van der Waals surface area contributed by atoms with E-state index in [1.54, 1.807) is 0 Å². The first-order valence-electron chi connectivity index (χ1n) is 1.79. The Balaban J connectivity index is 0. The fourth-order valence-corrected chi connectivity index (χ4v) is 0. The van der Waals surface area contributed by atoms with Crippen LogP contribution in [0.2, 0.25) is 19.5 Å². The van der Waals surface area contributed by atoms with Crippen LogP contribution in [0.15, 0.2) is 0 Å². The van der Waals surface area contributed by atoms with E-state index in [0.29, 0.717) is 0 Å².